The molecule has 180 valence electrons. The summed E-state index contributed by atoms with van der Waals surface area (Å²) in [7, 11) is -3.87. The summed E-state index contributed by atoms with van der Waals surface area (Å²) >= 11 is 0. The number of hydrogen-bond acceptors (Lipinski definition) is 3. The third-order valence-corrected chi connectivity index (χ3v) is 8.92. The minimum Gasteiger partial charge on any atom is -0.492 e. The smallest absolute Gasteiger partial charge is 0.268 e. The normalized spacial score (nSPS) is 17.2. The quantitative estimate of drug-likeness (QED) is 0.272. The van der Waals surface area contributed by atoms with Gasteiger partial charge in [-0.25, -0.2) is 12.4 Å². The third kappa shape index (κ3) is 3.54. The third-order valence-electron chi connectivity index (χ3n) is 7.19. The molecule has 4 nitrogen and oxygen atoms in total. The molecule has 1 aromatic heterocycles. The van der Waals surface area contributed by atoms with E-state index in [0.717, 1.165) is 33.4 Å². The van der Waals surface area contributed by atoms with Crippen molar-refractivity contribution in [3.8, 4) is 17.0 Å². The first-order valence-corrected chi connectivity index (χ1v) is 13.5. The molecule has 1 atom stereocenters. The molecule has 5 heteroatoms. The first kappa shape index (κ1) is 22.6. The van der Waals surface area contributed by atoms with Crippen molar-refractivity contribution in [2.45, 2.75) is 30.6 Å². The summed E-state index contributed by atoms with van der Waals surface area (Å²) in [6.45, 7) is 4.70. The Bertz CT molecular complexity index is 1690. The molecule has 6 rings (SSSR count). The van der Waals surface area contributed by atoms with Gasteiger partial charge in [0.15, 0.2) is 0 Å². The lowest BCUT2D eigenvalue weighted by atomic mass is 9.78. The van der Waals surface area contributed by atoms with Crippen LogP contribution in [0.2, 0.25) is 0 Å². The molecule has 5 aromatic rings. The van der Waals surface area contributed by atoms with Gasteiger partial charge in [-0.15, -0.1) is 0 Å². The predicted octanol–water partition coefficient (Wildman–Crippen LogP) is 6.75. The Morgan fingerprint density at radius 3 is 2.28 bits per heavy atom. The lowest BCUT2D eigenvalue weighted by molar-refractivity contribution is 0.277. The number of para-hydroxylation sites is 2. The number of aromatic nitrogens is 1. The molecule has 2 heterocycles. The summed E-state index contributed by atoms with van der Waals surface area (Å²) in [6.07, 6.45) is 0.644. The van der Waals surface area contributed by atoms with Gasteiger partial charge in [0, 0.05) is 16.4 Å². The van der Waals surface area contributed by atoms with E-state index < -0.39 is 10.0 Å². The molecule has 0 fully saturated rings. The van der Waals surface area contributed by atoms with Gasteiger partial charge in [-0.3, -0.25) is 0 Å². The van der Waals surface area contributed by atoms with Crippen LogP contribution >= 0.6 is 0 Å². The van der Waals surface area contributed by atoms with Gasteiger partial charge >= 0.3 is 0 Å². The van der Waals surface area contributed by atoms with Crippen molar-refractivity contribution < 1.29 is 13.2 Å². The second-order valence-electron chi connectivity index (χ2n) is 9.82. The van der Waals surface area contributed by atoms with E-state index >= 15 is 0 Å². The van der Waals surface area contributed by atoms with E-state index in [4.69, 9.17) is 4.74 Å². The van der Waals surface area contributed by atoms with Gasteiger partial charge in [-0.1, -0.05) is 91.3 Å². The first-order valence-electron chi connectivity index (χ1n) is 12.1. The van der Waals surface area contributed by atoms with Crippen molar-refractivity contribution >= 4 is 20.9 Å². The Morgan fingerprint density at radius 1 is 0.833 bits per heavy atom. The van der Waals surface area contributed by atoms with E-state index in [1.54, 1.807) is 16.1 Å². The monoisotopic (exact) mass is 493 g/mol. The molecule has 0 amide bonds. The van der Waals surface area contributed by atoms with Gasteiger partial charge in [-0.2, -0.15) is 0 Å². The number of aryl methyl sites for hydroxylation is 1. The summed E-state index contributed by atoms with van der Waals surface area (Å²) in [6, 6.07) is 32.9. The predicted molar refractivity (Wildman–Crippen MR) is 144 cm³/mol. The first-order chi connectivity index (χ1) is 17.4. The number of nitrogens with zero attached hydrogens (tertiary/aromatic N) is 1. The highest BCUT2D eigenvalue weighted by Crippen LogP contribution is 2.45. The molecule has 1 aliphatic rings. The van der Waals surface area contributed by atoms with Crippen molar-refractivity contribution in [2.75, 3.05) is 6.61 Å². The van der Waals surface area contributed by atoms with Gasteiger partial charge in [0.05, 0.1) is 22.7 Å². The van der Waals surface area contributed by atoms with Crippen molar-refractivity contribution in [3.05, 3.63) is 120 Å². The maximum atomic E-state index is 14.2. The number of ether oxygens (including phenoxy) is 1. The second kappa shape index (κ2) is 8.38. The molecule has 0 radical (unpaired) electrons. The highest BCUT2D eigenvalue weighted by molar-refractivity contribution is 7.90. The van der Waals surface area contributed by atoms with Gasteiger partial charge in [0.1, 0.15) is 5.75 Å². The maximum absolute atomic E-state index is 14.2. The van der Waals surface area contributed by atoms with Crippen molar-refractivity contribution in [3.63, 3.8) is 0 Å². The molecule has 0 bridgehead atoms. The molecule has 4 aromatic carbocycles. The van der Waals surface area contributed by atoms with Crippen LogP contribution < -0.4 is 4.74 Å². The van der Waals surface area contributed by atoms with Crippen LogP contribution in [0.1, 0.15) is 23.6 Å². The molecule has 0 saturated heterocycles. The van der Waals surface area contributed by atoms with Crippen molar-refractivity contribution in [2.24, 2.45) is 0 Å². The van der Waals surface area contributed by atoms with E-state index in [2.05, 4.69) is 13.0 Å². The minimum atomic E-state index is -3.87. The molecule has 36 heavy (non-hydrogen) atoms. The summed E-state index contributed by atoms with van der Waals surface area (Å²) < 4.78 is 36.1. The van der Waals surface area contributed by atoms with Crippen LogP contribution in [0.5, 0.6) is 5.75 Å². The van der Waals surface area contributed by atoms with Gasteiger partial charge in [-0.05, 0) is 48.7 Å². The van der Waals surface area contributed by atoms with Crippen LogP contribution in [0.4, 0.5) is 0 Å². The Kier molecular flexibility index (Phi) is 5.27. The van der Waals surface area contributed by atoms with Crippen molar-refractivity contribution in [1.29, 1.82) is 0 Å². The van der Waals surface area contributed by atoms with Gasteiger partial charge in [0.25, 0.3) is 10.0 Å². The van der Waals surface area contributed by atoms with E-state index in [-0.39, 0.29) is 10.3 Å². The average molecular weight is 494 g/mol. The number of hydrogen-bond donors (Lipinski definition) is 0. The highest BCUT2D eigenvalue weighted by atomic mass is 32.2. The van der Waals surface area contributed by atoms with E-state index in [1.807, 2.05) is 91.9 Å². The van der Waals surface area contributed by atoms with Crippen LogP contribution in [0, 0.1) is 6.92 Å². The fourth-order valence-electron chi connectivity index (χ4n) is 5.35. The minimum absolute atomic E-state index is 0.276. The van der Waals surface area contributed by atoms with Crippen LogP contribution in [0.25, 0.3) is 22.2 Å². The largest absolute Gasteiger partial charge is 0.492 e. The zero-order chi connectivity index (χ0) is 24.9. The summed E-state index contributed by atoms with van der Waals surface area (Å²) in [5.74, 6) is 0.900. The lowest BCUT2D eigenvalue weighted by Gasteiger charge is -2.24. The Morgan fingerprint density at radius 2 is 1.50 bits per heavy atom. The summed E-state index contributed by atoms with van der Waals surface area (Å²) in [4.78, 5) is 0.276. The van der Waals surface area contributed by atoms with E-state index in [1.165, 1.54) is 0 Å². The zero-order valence-electron chi connectivity index (χ0n) is 20.3. The molecular formula is C31H27NO3S. The molecule has 1 aliphatic heterocycles. The Balaban J connectivity index is 1.65. The number of rotatable bonds is 5. The molecule has 0 aliphatic carbocycles. The SMILES string of the molecule is Cc1ccc(S(=O)(=O)n2c(-c3ccccc3)c(C[C@@]3(C)COc4ccccc43)c3ccccc32)cc1. The lowest BCUT2D eigenvalue weighted by Crippen LogP contribution is -2.27. The summed E-state index contributed by atoms with van der Waals surface area (Å²) in [5.41, 5.74) is 5.16. The fraction of sp³-hybridized carbons (Fsp3) is 0.161. The van der Waals surface area contributed by atoms with E-state index in [9.17, 15) is 8.42 Å². The second-order valence-corrected chi connectivity index (χ2v) is 11.6. The number of benzene rings is 4. The van der Waals surface area contributed by atoms with Crippen LogP contribution in [-0.4, -0.2) is 19.0 Å². The zero-order valence-corrected chi connectivity index (χ0v) is 21.1. The molecule has 0 saturated carbocycles. The van der Waals surface area contributed by atoms with Crippen molar-refractivity contribution in [1.82, 2.24) is 3.97 Å². The standard InChI is InChI=1S/C31H27NO3S/c1-22-16-18-24(19-17-22)36(33,34)32-28-14-8-6-12-25(28)26(30(32)23-10-4-3-5-11-23)20-31(2)21-35-29-15-9-7-13-27(29)31/h3-19H,20-21H2,1-2H3/t31-/m0/s1. The van der Waals surface area contributed by atoms with Gasteiger partial charge in [0.2, 0.25) is 0 Å². The number of fused-ring (bicyclic) bond motifs is 2. The Hall–Kier alpha value is -3.83. The molecule has 0 N–H and O–H groups in total. The maximum Gasteiger partial charge on any atom is 0.268 e. The summed E-state index contributed by atoms with van der Waals surface area (Å²) in [5, 5.41) is 0.942. The van der Waals surface area contributed by atoms with Crippen LogP contribution in [0.15, 0.2) is 108 Å². The molecular weight excluding hydrogens is 466 g/mol. The van der Waals surface area contributed by atoms with Crippen LogP contribution in [0.3, 0.4) is 0 Å². The fourth-order valence-corrected chi connectivity index (χ4v) is 6.92. The highest BCUT2D eigenvalue weighted by Gasteiger charge is 2.39. The van der Waals surface area contributed by atoms with Crippen LogP contribution in [-0.2, 0) is 21.9 Å². The van der Waals surface area contributed by atoms with E-state index in [0.29, 0.717) is 24.2 Å². The topological polar surface area (TPSA) is 48.3 Å². The van der Waals surface area contributed by atoms with Gasteiger partial charge < -0.3 is 4.74 Å². The Labute approximate surface area is 211 Å². The molecule has 0 unspecified atom stereocenters. The molecule has 0 spiro atoms. The average Bonchev–Trinajstić information content (AvgIpc) is 3.41.